The Morgan fingerprint density at radius 1 is 1.11 bits per heavy atom. The Balaban J connectivity index is 2.30. The van der Waals surface area contributed by atoms with Gasteiger partial charge in [0.15, 0.2) is 0 Å². The molecule has 92 valence electrons. The summed E-state index contributed by atoms with van der Waals surface area (Å²) < 4.78 is 13.8. The summed E-state index contributed by atoms with van der Waals surface area (Å²) in [6.45, 7) is 2.02. The van der Waals surface area contributed by atoms with Crippen molar-refractivity contribution >= 4 is 6.29 Å². The number of halogens is 1. The Bertz CT molecular complexity index is 544. The average Bonchev–Trinajstić information content (AvgIpc) is 2.42. The number of rotatable bonds is 4. The Morgan fingerprint density at radius 2 is 1.83 bits per heavy atom. The third-order valence-electron chi connectivity index (χ3n) is 3.09. The molecule has 0 fully saturated rings. The van der Waals surface area contributed by atoms with Gasteiger partial charge in [-0.25, -0.2) is 4.39 Å². The number of hydrogen-bond donors (Lipinski definition) is 0. The van der Waals surface area contributed by atoms with Gasteiger partial charge in [-0.15, -0.1) is 0 Å². The summed E-state index contributed by atoms with van der Waals surface area (Å²) in [6, 6.07) is 12.5. The van der Waals surface area contributed by atoms with Gasteiger partial charge in [0.1, 0.15) is 12.1 Å². The zero-order valence-electron chi connectivity index (χ0n) is 10.3. The molecule has 2 rings (SSSR count). The SMILES string of the molecule is CCc1cccc(F)c1Cc1ccc(C=O)cc1. The number of carbonyl (C=O) groups excluding carboxylic acids is 1. The molecular formula is C16H15FO. The van der Waals surface area contributed by atoms with Gasteiger partial charge in [-0.1, -0.05) is 43.3 Å². The van der Waals surface area contributed by atoms with E-state index in [9.17, 15) is 9.18 Å². The third kappa shape index (κ3) is 2.65. The van der Waals surface area contributed by atoms with Crippen molar-refractivity contribution in [3.8, 4) is 0 Å². The van der Waals surface area contributed by atoms with E-state index in [2.05, 4.69) is 0 Å². The van der Waals surface area contributed by atoms with Gasteiger partial charge in [0.25, 0.3) is 0 Å². The monoisotopic (exact) mass is 242 g/mol. The van der Waals surface area contributed by atoms with Crippen LogP contribution in [0.5, 0.6) is 0 Å². The fraction of sp³-hybridized carbons (Fsp3) is 0.188. The van der Waals surface area contributed by atoms with Crippen molar-refractivity contribution in [1.29, 1.82) is 0 Å². The molecule has 0 aliphatic heterocycles. The lowest BCUT2D eigenvalue weighted by atomic mass is 9.97. The predicted octanol–water partition coefficient (Wildman–Crippen LogP) is 3.79. The molecule has 0 heterocycles. The van der Waals surface area contributed by atoms with Crippen LogP contribution in [0.2, 0.25) is 0 Å². The molecule has 2 aromatic rings. The lowest BCUT2D eigenvalue weighted by Gasteiger charge is -2.09. The molecule has 0 aliphatic carbocycles. The van der Waals surface area contributed by atoms with Crippen molar-refractivity contribution in [2.24, 2.45) is 0 Å². The van der Waals surface area contributed by atoms with Gasteiger partial charge in [0, 0.05) is 12.0 Å². The van der Waals surface area contributed by atoms with E-state index in [1.165, 1.54) is 6.07 Å². The molecule has 0 saturated carbocycles. The van der Waals surface area contributed by atoms with Crippen molar-refractivity contribution in [2.45, 2.75) is 19.8 Å². The summed E-state index contributed by atoms with van der Waals surface area (Å²) in [5.41, 5.74) is 3.44. The quantitative estimate of drug-likeness (QED) is 0.745. The lowest BCUT2D eigenvalue weighted by Crippen LogP contribution is -1.98. The molecule has 2 heteroatoms. The van der Waals surface area contributed by atoms with Crippen molar-refractivity contribution in [3.05, 3.63) is 70.5 Å². The highest BCUT2D eigenvalue weighted by molar-refractivity contribution is 5.74. The van der Waals surface area contributed by atoms with Gasteiger partial charge in [0.05, 0.1) is 0 Å². The van der Waals surface area contributed by atoms with Crippen molar-refractivity contribution in [2.75, 3.05) is 0 Å². The molecule has 0 aliphatic rings. The Morgan fingerprint density at radius 3 is 2.44 bits per heavy atom. The van der Waals surface area contributed by atoms with Gasteiger partial charge in [-0.05, 0) is 29.2 Å². The number of carbonyl (C=O) groups is 1. The molecule has 1 nitrogen and oxygen atoms in total. The maximum Gasteiger partial charge on any atom is 0.150 e. The first-order chi connectivity index (χ1) is 8.74. The standard InChI is InChI=1S/C16H15FO/c1-2-14-4-3-5-16(17)15(14)10-12-6-8-13(11-18)9-7-12/h3-9,11H,2,10H2,1H3. The molecule has 0 saturated heterocycles. The minimum absolute atomic E-state index is 0.159. The van der Waals surface area contributed by atoms with Crippen LogP contribution >= 0.6 is 0 Å². The smallest absolute Gasteiger partial charge is 0.150 e. The zero-order chi connectivity index (χ0) is 13.0. The van der Waals surface area contributed by atoms with Crippen molar-refractivity contribution in [3.63, 3.8) is 0 Å². The summed E-state index contributed by atoms with van der Waals surface area (Å²) in [5.74, 6) is -0.159. The van der Waals surface area contributed by atoms with Crippen LogP contribution in [0, 0.1) is 5.82 Å². The molecule has 0 radical (unpaired) electrons. The van der Waals surface area contributed by atoms with E-state index in [0.717, 1.165) is 29.4 Å². The molecule has 0 bridgehead atoms. The van der Waals surface area contributed by atoms with Crippen molar-refractivity contribution < 1.29 is 9.18 Å². The Labute approximate surface area is 106 Å². The Kier molecular flexibility index (Phi) is 3.88. The summed E-state index contributed by atoms with van der Waals surface area (Å²) in [4.78, 5) is 10.6. The molecule has 2 aromatic carbocycles. The maximum atomic E-state index is 13.8. The molecule has 0 N–H and O–H groups in total. The molecule has 0 aromatic heterocycles. The van der Waals surface area contributed by atoms with Crippen LogP contribution in [0.1, 0.15) is 34.0 Å². The summed E-state index contributed by atoms with van der Waals surface area (Å²) in [7, 11) is 0. The van der Waals surface area contributed by atoms with Crippen LogP contribution in [0.25, 0.3) is 0 Å². The van der Waals surface area contributed by atoms with E-state index < -0.39 is 0 Å². The fourth-order valence-corrected chi connectivity index (χ4v) is 2.05. The van der Waals surface area contributed by atoms with Crippen LogP contribution in [-0.2, 0) is 12.8 Å². The van der Waals surface area contributed by atoms with Gasteiger partial charge in [-0.3, -0.25) is 4.79 Å². The molecule has 0 unspecified atom stereocenters. The largest absolute Gasteiger partial charge is 0.298 e. The van der Waals surface area contributed by atoms with E-state index in [4.69, 9.17) is 0 Å². The highest BCUT2D eigenvalue weighted by Gasteiger charge is 2.07. The van der Waals surface area contributed by atoms with Gasteiger partial charge < -0.3 is 0 Å². The topological polar surface area (TPSA) is 17.1 Å². The average molecular weight is 242 g/mol. The van der Waals surface area contributed by atoms with Crippen LogP contribution in [0.15, 0.2) is 42.5 Å². The summed E-state index contributed by atoms with van der Waals surface area (Å²) in [5, 5.41) is 0. The van der Waals surface area contributed by atoms with Gasteiger partial charge >= 0.3 is 0 Å². The minimum atomic E-state index is -0.159. The fourth-order valence-electron chi connectivity index (χ4n) is 2.05. The summed E-state index contributed by atoms with van der Waals surface area (Å²) >= 11 is 0. The zero-order valence-corrected chi connectivity index (χ0v) is 10.3. The number of aryl methyl sites for hydroxylation is 1. The lowest BCUT2D eigenvalue weighted by molar-refractivity contribution is 0.112. The highest BCUT2D eigenvalue weighted by atomic mass is 19.1. The van der Waals surface area contributed by atoms with E-state index >= 15 is 0 Å². The first-order valence-corrected chi connectivity index (χ1v) is 6.05. The van der Waals surface area contributed by atoms with E-state index in [-0.39, 0.29) is 5.82 Å². The molecular weight excluding hydrogens is 227 g/mol. The van der Waals surface area contributed by atoms with E-state index in [1.807, 2.05) is 25.1 Å². The second-order valence-electron chi connectivity index (χ2n) is 4.27. The molecule has 0 spiro atoms. The highest BCUT2D eigenvalue weighted by Crippen LogP contribution is 2.18. The Hall–Kier alpha value is -1.96. The van der Waals surface area contributed by atoms with E-state index in [1.54, 1.807) is 18.2 Å². The van der Waals surface area contributed by atoms with Gasteiger partial charge in [0.2, 0.25) is 0 Å². The number of hydrogen-bond acceptors (Lipinski definition) is 1. The van der Waals surface area contributed by atoms with Crippen molar-refractivity contribution in [1.82, 2.24) is 0 Å². The van der Waals surface area contributed by atoms with Crippen LogP contribution in [0.3, 0.4) is 0 Å². The molecule has 18 heavy (non-hydrogen) atoms. The third-order valence-corrected chi connectivity index (χ3v) is 3.09. The summed E-state index contributed by atoms with van der Waals surface area (Å²) in [6.07, 6.45) is 2.19. The first kappa shape index (κ1) is 12.5. The van der Waals surface area contributed by atoms with Crippen LogP contribution < -0.4 is 0 Å². The number of benzene rings is 2. The van der Waals surface area contributed by atoms with E-state index in [0.29, 0.717) is 12.0 Å². The first-order valence-electron chi connectivity index (χ1n) is 6.05. The van der Waals surface area contributed by atoms with Crippen LogP contribution in [-0.4, -0.2) is 6.29 Å². The molecule has 0 amide bonds. The van der Waals surface area contributed by atoms with Gasteiger partial charge in [-0.2, -0.15) is 0 Å². The number of aldehydes is 1. The second kappa shape index (κ2) is 5.58. The van der Waals surface area contributed by atoms with Crippen LogP contribution in [0.4, 0.5) is 4.39 Å². The predicted molar refractivity (Wildman–Crippen MR) is 70.4 cm³/mol. The second-order valence-corrected chi connectivity index (χ2v) is 4.27. The molecule has 0 atom stereocenters. The minimum Gasteiger partial charge on any atom is -0.298 e. The normalized spacial score (nSPS) is 10.3. The maximum absolute atomic E-state index is 13.8.